The third kappa shape index (κ3) is 4.09. The number of hydrogen-bond acceptors (Lipinski definition) is 6. The fourth-order valence-corrected chi connectivity index (χ4v) is 3.86. The van der Waals surface area contributed by atoms with Crippen molar-refractivity contribution in [2.24, 2.45) is 0 Å². The van der Waals surface area contributed by atoms with Gasteiger partial charge in [-0.3, -0.25) is 9.48 Å². The van der Waals surface area contributed by atoms with E-state index < -0.39 is 0 Å². The molecule has 2 aromatic carbocycles. The van der Waals surface area contributed by atoms with Gasteiger partial charge in [-0.1, -0.05) is 11.6 Å². The zero-order chi connectivity index (χ0) is 23.0. The summed E-state index contributed by atoms with van der Waals surface area (Å²) in [6.07, 6.45) is 1.77. The van der Waals surface area contributed by atoms with Crippen molar-refractivity contribution in [3.8, 4) is 17.1 Å². The molecule has 4 rings (SSSR count). The summed E-state index contributed by atoms with van der Waals surface area (Å²) >= 11 is 6.16. The second kappa shape index (κ2) is 8.47. The van der Waals surface area contributed by atoms with Gasteiger partial charge in [0.1, 0.15) is 11.4 Å². The van der Waals surface area contributed by atoms with Crippen molar-refractivity contribution < 1.29 is 9.90 Å². The predicted octanol–water partition coefficient (Wildman–Crippen LogP) is 4.04. The molecule has 0 aliphatic carbocycles. The van der Waals surface area contributed by atoms with E-state index in [0.29, 0.717) is 39.5 Å². The van der Waals surface area contributed by atoms with Gasteiger partial charge < -0.3 is 15.7 Å². The first-order chi connectivity index (χ1) is 15.3. The number of fused-ring (bicyclic) bond motifs is 1. The van der Waals surface area contributed by atoms with E-state index in [1.165, 1.54) is 12.1 Å². The van der Waals surface area contributed by atoms with Crippen LogP contribution in [0.1, 0.15) is 28.7 Å². The molecule has 8 nitrogen and oxygen atoms in total. The number of benzene rings is 2. The molecular formula is C23H23ClN6O2. The van der Waals surface area contributed by atoms with E-state index in [1.54, 1.807) is 42.4 Å². The van der Waals surface area contributed by atoms with Crippen molar-refractivity contribution in [3.63, 3.8) is 0 Å². The number of rotatable bonds is 5. The van der Waals surface area contributed by atoms with Crippen molar-refractivity contribution in [1.82, 2.24) is 24.6 Å². The smallest absolute Gasteiger partial charge is 0.273 e. The zero-order valence-electron chi connectivity index (χ0n) is 18.0. The average Bonchev–Trinajstić information content (AvgIpc) is 3.11. The van der Waals surface area contributed by atoms with Gasteiger partial charge in [0.05, 0.1) is 11.7 Å². The SMILES string of the molecule is CCn1ncc(CN(C)C(=O)c2nc(-c3cc(N)cc(Cl)c3)nc3ccc(O)cc23)c1C. The molecule has 3 N–H and O–H groups in total. The predicted molar refractivity (Wildman–Crippen MR) is 124 cm³/mol. The minimum Gasteiger partial charge on any atom is -0.508 e. The van der Waals surface area contributed by atoms with Crippen molar-refractivity contribution in [3.05, 3.63) is 64.6 Å². The monoisotopic (exact) mass is 450 g/mol. The highest BCUT2D eigenvalue weighted by Crippen LogP contribution is 2.28. The Labute approximate surface area is 190 Å². The van der Waals surface area contributed by atoms with Crippen LogP contribution in [0.2, 0.25) is 5.02 Å². The normalized spacial score (nSPS) is 11.1. The van der Waals surface area contributed by atoms with E-state index in [2.05, 4.69) is 15.1 Å². The molecule has 0 aliphatic rings. The van der Waals surface area contributed by atoms with Gasteiger partial charge in [-0.25, -0.2) is 9.97 Å². The summed E-state index contributed by atoms with van der Waals surface area (Å²) in [6.45, 7) is 5.12. The molecule has 1 amide bonds. The summed E-state index contributed by atoms with van der Waals surface area (Å²) in [5, 5.41) is 15.3. The van der Waals surface area contributed by atoms with Gasteiger partial charge in [-0.2, -0.15) is 5.10 Å². The Morgan fingerprint density at radius 1 is 1.22 bits per heavy atom. The van der Waals surface area contributed by atoms with Crippen LogP contribution < -0.4 is 5.73 Å². The van der Waals surface area contributed by atoms with E-state index in [9.17, 15) is 9.90 Å². The summed E-state index contributed by atoms with van der Waals surface area (Å²) in [6, 6.07) is 9.69. The van der Waals surface area contributed by atoms with E-state index in [4.69, 9.17) is 17.3 Å². The molecule has 0 atom stereocenters. The number of aromatic hydroxyl groups is 1. The lowest BCUT2D eigenvalue weighted by atomic mass is 10.1. The minimum absolute atomic E-state index is 0.0256. The van der Waals surface area contributed by atoms with Gasteiger partial charge in [0.25, 0.3) is 5.91 Å². The molecular weight excluding hydrogens is 428 g/mol. The highest BCUT2D eigenvalue weighted by atomic mass is 35.5. The number of phenols is 1. The van der Waals surface area contributed by atoms with Crippen LogP contribution in [0, 0.1) is 6.92 Å². The van der Waals surface area contributed by atoms with Crippen molar-refractivity contribution in [2.45, 2.75) is 26.9 Å². The number of nitrogens with zero attached hydrogens (tertiary/aromatic N) is 5. The quantitative estimate of drug-likeness (QED) is 0.444. The van der Waals surface area contributed by atoms with Gasteiger partial charge in [0, 0.05) is 53.1 Å². The Kier molecular flexibility index (Phi) is 5.71. The summed E-state index contributed by atoms with van der Waals surface area (Å²) in [4.78, 5) is 24.1. The molecule has 0 radical (unpaired) electrons. The fraction of sp³-hybridized carbons (Fsp3) is 0.217. The highest BCUT2D eigenvalue weighted by Gasteiger charge is 2.21. The van der Waals surface area contributed by atoms with Gasteiger partial charge in [-0.05, 0) is 50.2 Å². The zero-order valence-corrected chi connectivity index (χ0v) is 18.8. The summed E-state index contributed by atoms with van der Waals surface area (Å²) in [5.74, 6) is 0.0460. The number of halogens is 1. The van der Waals surface area contributed by atoms with Crippen LogP contribution in [-0.4, -0.2) is 42.7 Å². The van der Waals surface area contributed by atoms with E-state index in [1.807, 2.05) is 18.5 Å². The Morgan fingerprint density at radius 3 is 2.69 bits per heavy atom. The third-order valence-electron chi connectivity index (χ3n) is 5.32. The molecule has 2 aromatic heterocycles. The lowest BCUT2D eigenvalue weighted by molar-refractivity contribution is 0.0781. The van der Waals surface area contributed by atoms with Crippen molar-refractivity contribution >= 4 is 34.1 Å². The lowest BCUT2D eigenvalue weighted by Gasteiger charge is -2.18. The van der Waals surface area contributed by atoms with Crippen LogP contribution in [0.15, 0.2) is 42.6 Å². The minimum atomic E-state index is -0.303. The molecule has 0 spiro atoms. The Bertz CT molecular complexity index is 1310. The molecule has 0 saturated carbocycles. The summed E-state index contributed by atoms with van der Waals surface area (Å²) in [7, 11) is 1.71. The van der Waals surface area contributed by atoms with Gasteiger partial charge in [-0.15, -0.1) is 0 Å². The number of carbonyl (C=O) groups is 1. The van der Waals surface area contributed by atoms with Crippen LogP contribution in [0.3, 0.4) is 0 Å². The number of phenolic OH excluding ortho intramolecular Hbond substituents is 1. The number of aromatic nitrogens is 4. The molecule has 2 heterocycles. The number of carbonyl (C=O) groups excluding carboxylic acids is 1. The number of anilines is 1. The maximum absolute atomic E-state index is 13.5. The number of nitrogens with two attached hydrogens (primary N) is 1. The molecule has 32 heavy (non-hydrogen) atoms. The first kappa shape index (κ1) is 21.6. The lowest BCUT2D eigenvalue weighted by Crippen LogP contribution is -2.27. The Hall–Kier alpha value is -3.65. The van der Waals surface area contributed by atoms with Crippen molar-refractivity contribution in [1.29, 1.82) is 0 Å². The standard InChI is InChI=1S/C23H23ClN6O2/c1-4-30-13(2)15(11-26-30)12-29(3)23(32)21-19-10-18(31)5-6-20(19)27-22(28-21)14-7-16(24)9-17(25)8-14/h5-11,31H,4,12,25H2,1-3H3. The average molecular weight is 451 g/mol. The number of amides is 1. The van der Waals surface area contributed by atoms with Crippen LogP contribution in [0.25, 0.3) is 22.3 Å². The maximum Gasteiger partial charge on any atom is 0.273 e. The largest absolute Gasteiger partial charge is 0.508 e. The Morgan fingerprint density at radius 2 is 2.00 bits per heavy atom. The highest BCUT2D eigenvalue weighted by molar-refractivity contribution is 6.31. The van der Waals surface area contributed by atoms with Crippen LogP contribution >= 0.6 is 11.6 Å². The van der Waals surface area contributed by atoms with Gasteiger partial charge in [0.2, 0.25) is 0 Å². The van der Waals surface area contributed by atoms with Gasteiger partial charge in [0.15, 0.2) is 5.82 Å². The molecule has 9 heteroatoms. The summed E-state index contributed by atoms with van der Waals surface area (Å²) in [5.41, 5.74) is 9.67. The van der Waals surface area contributed by atoms with Crippen LogP contribution in [-0.2, 0) is 13.1 Å². The molecule has 4 aromatic rings. The molecule has 164 valence electrons. The first-order valence-electron chi connectivity index (χ1n) is 10.1. The second-order valence-electron chi connectivity index (χ2n) is 7.60. The number of hydrogen-bond donors (Lipinski definition) is 2. The first-order valence-corrected chi connectivity index (χ1v) is 10.5. The van der Waals surface area contributed by atoms with Gasteiger partial charge >= 0.3 is 0 Å². The number of aryl methyl sites for hydroxylation is 1. The summed E-state index contributed by atoms with van der Waals surface area (Å²) < 4.78 is 1.88. The fourth-order valence-electron chi connectivity index (χ4n) is 3.62. The topological polar surface area (TPSA) is 110 Å². The van der Waals surface area contributed by atoms with Crippen molar-refractivity contribution in [2.75, 3.05) is 12.8 Å². The third-order valence-corrected chi connectivity index (χ3v) is 5.54. The molecule has 0 aliphatic heterocycles. The number of nitrogen functional groups attached to an aromatic ring is 1. The van der Waals surface area contributed by atoms with E-state index in [-0.39, 0.29) is 17.4 Å². The molecule has 0 saturated heterocycles. The van der Waals surface area contributed by atoms with Crippen LogP contribution in [0.5, 0.6) is 5.75 Å². The Balaban J connectivity index is 1.79. The second-order valence-corrected chi connectivity index (χ2v) is 8.04. The molecule has 0 bridgehead atoms. The molecule has 0 unspecified atom stereocenters. The maximum atomic E-state index is 13.5. The van der Waals surface area contributed by atoms with E-state index in [0.717, 1.165) is 17.8 Å². The van der Waals surface area contributed by atoms with Crippen LogP contribution in [0.4, 0.5) is 5.69 Å². The molecule has 0 fully saturated rings. The van der Waals surface area contributed by atoms with E-state index >= 15 is 0 Å².